The van der Waals surface area contributed by atoms with Gasteiger partial charge in [0.2, 0.25) is 0 Å². The molecule has 0 bridgehead atoms. The molecule has 1 heterocycles. The van der Waals surface area contributed by atoms with Gasteiger partial charge in [-0.3, -0.25) is 0 Å². The lowest BCUT2D eigenvalue weighted by atomic mass is 10.1. The van der Waals surface area contributed by atoms with E-state index in [1.54, 1.807) is 0 Å². The fourth-order valence-electron chi connectivity index (χ4n) is 3.03. The van der Waals surface area contributed by atoms with Crippen LogP contribution in [0.2, 0.25) is 0 Å². The number of hydrogen-bond acceptors (Lipinski definition) is 3. The van der Waals surface area contributed by atoms with Crippen molar-refractivity contribution in [1.82, 2.24) is 10.3 Å². The molecule has 0 aliphatic heterocycles. The van der Waals surface area contributed by atoms with Gasteiger partial charge in [-0.15, -0.1) is 11.8 Å². The van der Waals surface area contributed by atoms with Gasteiger partial charge in [0, 0.05) is 17.7 Å². The Morgan fingerprint density at radius 2 is 2.05 bits per heavy atom. The minimum atomic E-state index is 0.898. The van der Waals surface area contributed by atoms with Gasteiger partial charge < -0.3 is 5.32 Å². The van der Waals surface area contributed by atoms with Crippen LogP contribution < -0.4 is 5.32 Å². The maximum Gasteiger partial charge on any atom is 0.101 e. The van der Waals surface area contributed by atoms with Gasteiger partial charge in [0.25, 0.3) is 0 Å². The summed E-state index contributed by atoms with van der Waals surface area (Å²) in [6.45, 7) is 4.07. The molecule has 1 aromatic heterocycles. The largest absolute Gasteiger partial charge is 0.313 e. The van der Waals surface area contributed by atoms with Gasteiger partial charge in [-0.1, -0.05) is 38.0 Å². The molecule has 0 spiro atoms. The summed E-state index contributed by atoms with van der Waals surface area (Å²) in [6.07, 6.45) is 5.65. The average Bonchev–Trinajstić information content (AvgIpc) is 3.04. The Kier molecular flexibility index (Phi) is 5.15. The minimum absolute atomic E-state index is 0.898. The number of nitrogens with zero attached hydrogens (tertiary/aromatic N) is 1. The summed E-state index contributed by atoms with van der Waals surface area (Å²) in [5.41, 5.74) is 2.46. The van der Waals surface area contributed by atoms with E-state index < -0.39 is 0 Å². The molecule has 1 fully saturated rings. The third-order valence-electron chi connectivity index (χ3n) is 4.26. The topological polar surface area (TPSA) is 24.9 Å². The molecule has 0 unspecified atom stereocenters. The van der Waals surface area contributed by atoms with E-state index in [0.29, 0.717) is 0 Å². The molecule has 0 atom stereocenters. The van der Waals surface area contributed by atoms with Gasteiger partial charge in [-0.25, -0.2) is 4.98 Å². The van der Waals surface area contributed by atoms with Gasteiger partial charge in [-0.05, 0) is 43.0 Å². The first-order valence-electron chi connectivity index (χ1n) is 8.09. The SMILES string of the molecule is CCNCc1cc2ccccc2nc1SCC1CCCC1. The maximum absolute atomic E-state index is 4.91. The molecular weight excluding hydrogens is 276 g/mol. The minimum Gasteiger partial charge on any atom is -0.313 e. The van der Waals surface area contributed by atoms with Crippen LogP contribution in [0.1, 0.15) is 38.2 Å². The molecule has 1 N–H and O–H groups in total. The van der Waals surface area contributed by atoms with Crippen molar-refractivity contribution in [3.05, 3.63) is 35.9 Å². The van der Waals surface area contributed by atoms with Crippen molar-refractivity contribution in [2.24, 2.45) is 5.92 Å². The molecule has 2 aromatic rings. The fourth-order valence-corrected chi connectivity index (χ4v) is 4.23. The third-order valence-corrected chi connectivity index (χ3v) is 5.52. The molecule has 1 aliphatic carbocycles. The van der Waals surface area contributed by atoms with Crippen LogP contribution in [-0.4, -0.2) is 17.3 Å². The summed E-state index contributed by atoms with van der Waals surface area (Å²) in [4.78, 5) is 4.91. The lowest BCUT2D eigenvalue weighted by Crippen LogP contribution is -2.13. The number of nitrogens with one attached hydrogen (secondary N) is 1. The Balaban J connectivity index is 1.82. The molecule has 0 amide bonds. The fraction of sp³-hybridized carbons (Fsp3) is 0.500. The summed E-state index contributed by atoms with van der Waals surface area (Å²) in [6, 6.07) is 10.7. The Hall–Kier alpha value is -1.06. The van der Waals surface area contributed by atoms with Crippen LogP contribution in [0.4, 0.5) is 0 Å². The number of para-hydroxylation sites is 1. The molecular formula is C18H24N2S. The van der Waals surface area contributed by atoms with Gasteiger partial charge in [-0.2, -0.15) is 0 Å². The van der Waals surface area contributed by atoms with Crippen molar-refractivity contribution in [3.8, 4) is 0 Å². The molecule has 0 saturated heterocycles. The van der Waals surface area contributed by atoms with Gasteiger partial charge in [0.05, 0.1) is 5.52 Å². The lowest BCUT2D eigenvalue weighted by Gasteiger charge is -2.13. The summed E-state index contributed by atoms with van der Waals surface area (Å²) in [5.74, 6) is 2.13. The number of thioether (sulfide) groups is 1. The Bertz CT molecular complexity index is 591. The smallest absolute Gasteiger partial charge is 0.101 e. The van der Waals surface area contributed by atoms with E-state index >= 15 is 0 Å². The zero-order valence-electron chi connectivity index (χ0n) is 12.8. The highest BCUT2D eigenvalue weighted by Crippen LogP contribution is 2.32. The van der Waals surface area contributed by atoms with Crippen molar-refractivity contribution < 1.29 is 0 Å². The number of aromatic nitrogens is 1. The van der Waals surface area contributed by atoms with Gasteiger partial charge >= 0.3 is 0 Å². The first kappa shape index (κ1) is 14.9. The summed E-state index contributed by atoms with van der Waals surface area (Å²) < 4.78 is 0. The van der Waals surface area contributed by atoms with E-state index in [0.717, 1.165) is 24.5 Å². The van der Waals surface area contributed by atoms with Crippen molar-refractivity contribution in [3.63, 3.8) is 0 Å². The van der Waals surface area contributed by atoms with Crippen LogP contribution in [0.5, 0.6) is 0 Å². The normalized spacial score (nSPS) is 15.9. The summed E-state index contributed by atoms with van der Waals surface area (Å²) >= 11 is 1.96. The standard InChI is InChI=1S/C18H24N2S/c1-2-19-12-16-11-15-9-5-6-10-17(15)20-18(16)21-13-14-7-3-4-8-14/h5-6,9-11,14,19H,2-4,7-8,12-13H2,1H3. The summed E-state index contributed by atoms with van der Waals surface area (Å²) in [7, 11) is 0. The Labute approximate surface area is 131 Å². The zero-order valence-corrected chi connectivity index (χ0v) is 13.6. The van der Waals surface area contributed by atoms with Crippen molar-refractivity contribution in [2.75, 3.05) is 12.3 Å². The molecule has 1 aromatic carbocycles. The number of hydrogen-bond donors (Lipinski definition) is 1. The summed E-state index contributed by atoms with van der Waals surface area (Å²) in [5, 5.41) is 5.91. The van der Waals surface area contributed by atoms with Crippen molar-refractivity contribution in [1.29, 1.82) is 0 Å². The van der Waals surface area contributed by atoms with Crippen molar-refractivity contribution >= 4 is 22.7 Å². The Morgan fingerprint density at radius 1 is 1.24 bits per heavy atom. The molecule has 112 valence electrons. The molecule has 3 rings (SSSR count). The highest BCUT2D eigenvalue weighted by Gasteiger charge is 2.16. The first-order chi connectivity index (χ1) is 10.4. The molecule has 3 heteroatoms. The van der Waals surface area contributed by atoms with Crippen LogP contribution >= 0.6 is 11.8 Å². The highest BCUT2D eigenvalue weighted by molar-refractivity contribution is 7.99. The monoisotopic (exact) mass is 300 g/mol. The number of rotatable bonds is 6. The van der Waals surface area contributed by atoms with Crippen LogP contribution in [0.3, 0.4) is 0 Å². The van der Waals surface area contributed by atoms with E-state index in [1.807, 2.05) is 11.8 Å². The Morgan fingerprint density at radius 3 is 2.86 bits per heavy atom. The maximum atomic E-state index is 4.91. The van der Waals surface area contributed by atoms with Gasteiger partial charge in [0.1, 0.15) is 5.03 Å². The van der Waals surface area contributed by atoms with Crippen LogP contribution in [-0.2, 0) is 6.54 Å². The molecule has 2 nitrogen and oxygen atoms in total. The van der Waals surface area contributed by atoms with Crippen molar-refractivity contribution in [2.45, 2.75) is 44.2 Å². The van der Waals surface area contributed by atoms with E-state index in [1.165, 1.54) is 47.4 Å². The number of benzene rings is 1. The molecule has 1 saturated carbocycles. The van der Waals surface area contributed by atoms with Crippen LogP contribution in [0.25, 0.3) is 10.9 Å². The molecule has 0 radical (unpaired) electrons. The van der Waals surface area contributed by atoms with Gasteiger partial charge in [0.15, 0.2) is 0 Å². The highest BCUT2D eigenvalue weighted by atomic mass is 32.2. The lowest BCUT2D eigenvalue weighted by molar-refractivity contribution is 0.622. The van der Waals surface area contributed by atoms with E-state index in [2.05, 4.69) is 42.6 Å². The second-order valence-corrected chi connectivity index (χ2v) is 6.90. The number of pyridine rings is 1. The molecule has 21 heavy (non-hydrogen) atoms. The number of fused-ring (bicyclic) bond motifs is 1. The van der Waals surface area contributed by atoms with E-state index in [-0.39, 0.29) is 0 Å². The first-order valence-corrected chi connectivity index (χ1v) is 9.07. The second-order valence-electron chi connectivity index (χ2n) is 5.89. The predicted octanol–water partition coefficient (Wildman–Crippen LogP) is 4.63. The second kappa shape index (κ2) is 7.28. The van der Waals surface area contributed by atoms with E-state index in [9.17, 15) is 0 Å². The quantitative estimate of drug-likeness (QED) is 0.788. The van der Waals surface area contributed by atoms with Crippen LogP contribution in [0, 0.1) is 5.92 Å². The predicted molar refractivity (Wildman–Crippen MR) is 91.8 cm³/mol. The average molecular weight is 300 g/mol. The molecule has 1 aliphatic rings. The van der Waals surface area contributed by atoms with Crippen LogP contribution in [0.15, 0.2) is 35.4 Å². The third kappa shape index (κ3) is 3.78. The zero-order chi connectivity index (χ0) is 14.5. The van der Waals surface area contributed by atoms with E-state index in [4.69, 9.17) is 4.98 Å².